The molecule has 0 bridgehead atoms. The topological polar surface area (TPSA) is 30.0 Å². The molecular formula is C8H5BrClNO. The minimum Gasteiger partial charge on any atom is -0.289 e. The Morgan fingerprint density at radius 3 is 3.00 bits per heavy atom. The van der Waals surface area contributed by atoms with Crippen LogP contribution in [0, 0.1) is 0 Å². The van der Waals surface area contributed by atoms with E-state index in [1.807, 2.05) is 0 Å². The zero-order chi connectivity index (χ0) is 9.14. The molecule has 0 saturated carbocycles. The van der Waals surface area contributed by atoms with Crippen LogP contribution in [0.1, 0.15) is 10.4 Å². The Morgan fingerprint density at radius 2 is 2.42 bits per heavy atom. The van der Waals surface area contributed by atoms with Crippen molar-refractivity contribution in [2.45, 2.75) is 0 Å². The van der Waals surface area contributed by atoms with Gasteiger partial charge in [-0.25, -0.2) is 4.98 Å². The van der Waals surface area contributed by atoms with E-state index < -0.39 is 0 Å². The molecule has 0 saturated heterocycles. The van der Waals surface area contributed by atoms with Crippen molar-refractivity contribution in [2.75, 3.05) is 0 Å². The van der Waals surface area contributed by atoms with E-state index in [1.54, 1.807) is 0 Å². The highest BCUT2D eigenvalue weighted by atomic mass is 79.9. The molecule has 0 radical (unpaired) electrons. The molecule has 0 atom stereocenters. The number of allylic oxidation sites excluding steroid dienone is 1. The van der Waals surface area contributed by atoms with E-state index in [9.17, 15) is 4.79 Å². The van der Waals surface area contributed by atoms with Crippen LogP contribution in [0.2, 0.25) is 5.15 Å². The molecule has 62 valence electrons. The molecule has 12 heavy (non-hydrogen) atoms. The Bertz CT molecular complexity index is 338. The Labute approximate surface area is 83.4 Å². The van der Waals surface area contributed by atoms with Gasteiger partial charge in [0, 0.05) is 16.2 Å². The normalized spacial score (nSPS) is 9.50. The minimum atomic E-state index is -0.175. The summed E-state index contributed by atoms with van der Waals surface area (Å²) in [5.41, 5.74) is 0.477. The maximum atomic E-state index is 11.2. The fourth-order valence-corrected chi connectivity index (χ4v) is 1.28. The molecule has 1 rings (SSSR count). The van der Waals surface area contributed by atoms with Gasteiger partial charge in [-0.3, -0.25) is 4.79 Å². The Morgan fingerprint density at radius 1 is 1.75 bits per heavy atom. The van der Waals surface area contributed by atoms with E-state index in [1.165, 1.54) is 18.3 Å². The van der Waals surface area contributed by atoms with Crippen LogP contribution >= 0.6 is 27.5 Å². The average Bonchev–Trinajstić information content (AvgIpc) is 2.08. The molecule has 1 aromatic heterocycles. The van der Waals surface area contributed by atoms with Crippen LogP contribution in [-0.2, 0) is 0 Å². The molecule has 1 heterocycles. The fourth-order valence-electron chi connectivity index (χ4n) is 0.712. The largest absolute Gasteiger partial charge is 0.289 e. The summed E-state index contributed by atoms with van der Waals surface area (Å²) in [6, 6.07) is 1.50. The second-order valence-electron chi connectivity index (χ2n) is 2.06. The van der Waals surface area contributed by atoms with E-state index in [0.717, 1.165) is 0 Å². The number of hydrogen-bond acceptors (Lipinski definition) is 2. The Hall–Kier alpha value is -0.670. The van der Waals surface area contributed by atoms with Gasteiger partial charge in [0.2, 0.25) is 0 Å². The molecule has 0 aliphatic rings. The van der Waals surface area contributed by atoms with E-state index in [2.05, 4.69) is 27.5 Å². The standard InChI is InChI=1S/C8H5BrClNO/c1-2-7(12)5-3-8(10)11-4-6(5)9/h2-4H,1H2. The quantitative estimate of drug-likeness (QED) is 0.456. The zero-order valence-corrected chi connectivity index (χ0v) is 8.39. The number of rotatable bonds is 2. The van der Waals surface area contributed by atoms with Gasteiger partial charge in [-0.1, -0.05) is 18.2 Å². The highest BCUT2D eigenvalue weighted by molar-refractivity contribution is 9.10. The summed E-state index contributed by atoms with van der Waals surface area (Å²) >= 11 is 8.78. The molecule has 4 heteroatoms. The number of nitrogens with zero attached hydrogens (tertiary/aromatic N) is 1. The third kappa shape index (κ3) is 1.93. The third-order valence-electron chi connectivity index (χ3n) is 1.27. The number of carbonyl (C=O) groups is 1. The number of aromatic nitrogens is 1. The number of halogens is 2. The van der Waals surface area contributed by atoms with Gasteiger partial charge in [0.15, 0.2) is 5.78 Å². The SMILES string of the molecule is C=CC(=O)c1cc(Cl)ncc1Br. The van der Waals surface area contributed by atoms with Crippen molar-refractivity contribution in [1.29, 1.82) is 0 Å². The maximum absolute atomic E-state index is 11.2. The van der Waals surface area contributed by atoms with Crippen LogP contribution in [0.4, 0.5) is 0 Å². The van der Waals surface area contributed by atoms with Crippen molar-refractivity contribution >= 4 is 33.3 Å². The first-order valence-corrected chi connectivity index (χ1v) is 4.30. The highest BCUT2D eigenvalue weighted by Gasteiger charge is 2.07. The predicted molar refractivity (Wildman–Crippen MR) is 51.5 cm³/mol. The van der Waals surface area contributed by atoms with Gasteiger partial charge in [-0.15, -0.1) is 0 Å². The van der Waals surface area contributed by atoms with Crippen molar-refractivity contribution in [3.8, 4) is 0 Å². The Balaban J connectivity index is 3.22. The first-order valence-electron chi connectivity index (χ1n) is 3.13. The molecule has 1 aromatic rings. The third-order valence-corrected chi connectivity index (χ3v) is 2.11. The van der Waals surface area contributed by atoms with Crippen molar-refractivity contribution in [3.63, 3.8) is 0 Å². The Kier molecular flexibility index (Phi) is 3.00. The molecule has 0 aliphatic carbocycles. The summed E-state index contributed by atoms with van der Waals surface area (Å²) in [5, 5.41) is 0.295. The van der Waals surface area contributed by atoms with Crippen LogP contribution < -0.4 is 0 Å². The maximum Gasteiger partial charge on any atom is 0.186 e. The van der Waals surface area contributed by atoms with Gasteiger partial charge in [0.05, 0.1) is 0 Å². The van der Waals surface area contributed by atoms with Gasteiger partial charge in [0.25, 0.3) is 0 Å². The number of ketones is 1. The van der Waals surface area contributed by atoms with Crippen LogP contribution in [0.15, 0.2) is 29.4 Å². The lowest BCUT2D eigenvalue weighted by molar-refractivity contribution is 0.104. The first kappa shape index (κ1) is 9.42. The second kappa shape index (κ2) is 3.83. The lowest BCUT2D eigenvalue weighted by atomic mass is 10.2. The van der Waals surface area contributed by atoms with E-state index in [4.69, 9.17) is 11.6 Å². The summed E-state index contributed by atoms with van der Waals surface area (Å²) < 4.78 is 0.622. The summed E-state index contributed by atoms with van der Waals surface area (Å²) in [7, 11) is 0. The van der Waals surface area contributed by atoms with Crippen LogP contribution in [0.5, 0.6) is 0 Å². The predicted octanol–water partition coefficient (Wildman–Crippen LogP) is 2.87. The minimum absolute atomic E-state index is 0.175. The zero-order valence-electron chi connectivity index (χ0n) is 6.05. The average molecular weight is 246 g/mol. The van der Waals surface area contributed by atoms with Crippen molar-refractivity contribution in [2.24, 2.45) is 0 Å². The summed E-state index contributed by atoms with van der Waals surface area (Å²) in [6.45, 7) is 3.37. The summed E-state index contributed by atoms with van der Waals surface area (Å²) in [6.07, 6.45) is 2.72. The molecule has 0 N–H and O–H groups in total. The van der Waals surface area contributed by atoms with Gasteiger partial charge in [-0.05, 0) is 28.1 Å². The number of hydrogen-bond donors (Lipinski definition) is 0. The molecule has 2 nitrogen and oxygen atoms in total. The summed E-state index contributed by atoms with van der Waals surface area (Å²) in [5.74, 6) is -0.175. The molecule has 0 aliphatic heterocycles. The van der Waals surface area contributed by atoms with Gasteiger partial charge in [0.1, 0.15) is 5.15 Å². The van der Waals surface area contributed by atoms with E-state index in [0.29, 0.717) is 15.2 Å². The number of carbonyl (C=O) groups excluding carboxylic acids is 1. The van der Waals surface area contributed by atoms with E-state index in [-0.39, 0.29) is 5.78 Å². The highest BCUT2D eigenvalue weighted by Crippen LogP contribution is 2.19. The molecule has 0 fully saturated rings. The first-order chi connectivity index (χ1) is 5.65. The van der Waals surface area contributed by atoms with Gasteiger partial charge >= 0.3 is 0 Å². The smallest absolute Gasteiger partial charge is 0.186 e. The lowest BCUT2D eigenvalue weighted by Gasteiger charge is -1.98. The van der Waals surface area contributed by atoms with Gasteiger partial charge < -0.3 is 0 Å². The molecular weight excluding hydrogens is 241 g/mol. The summed E-state index contributed by atoms with van der Waals surface area (Å²) in [4.78, 5) is 14.9. The number of pyridine rings is 1. The monoisotopic (exact) mass is 245 g/mol. The van der Waals surface area contributed by atoms with Crippen molar-refractivity contribution in [3.05, 3.63) is 40.1 Å². The molecule has 0 unspecified atom stereocenters. The molecule has 0 amide bonds. The van der Waals surface area contributed by atoms with Crippen molar-refractivity contribution in [1.82, 2.24) is 4.98 Å². The van der Waals surface area contributed by atoms with Crippen LogP contribution in [0.3, 0.4) is 0 Å². The van der Waals surface area contributed by atoms with Crippen LogP contribution in [0.25, 0.3) is 0 Å². The van der Waals surface area contributed by atoms with E-state index >= 15 is 0 Å². The lowest BCUT2D eigenvalue weighted by Crippen LogP contribution is -1.95. The van der Waals surface area contributed by atoms with Crippen molar-refractivity contribution < 1.29 is 4.79 Å². The second-order valence-corrected chi connectivity index (χ2v) is 3.30. The molecule has 0 spiro atoms. The molecule has 0 aromatic carbocycles. The van der Waals surface area contributed by atoms with Crippen LogP contribution in [-0.4, -0.2) is 10.8 Å². The fraction of sp³-hybridized carbons (Fsp3) is 0. The van der Waals surface area contributed by atoms with Gasteiger partial charge in [-0.2, -0.15) is 0 Å².